The number of nitrogens with one attached hydrogen (secondary N) is 2. The van der Waals surface area contributed by atoms with Gasteiger partial charge in [0.1, 0.15) is 23.9 Å². The zero-order valence-electron chi connectivity index (χ0n) is 32.0. The minimum absolute atomic E-state index is 0. The van der Waals surface area contributed by atoms with E-state index in [0.717, 1.165) is 0 Å². The topological polar surface area (TPSA) is 201 Å². The number of esters is 2. The third-order valence-corrected chi connectivity index (χ3v) is 12.7. The van der Waals surface area contributed by atoms with Crippen molar-refractivity contribution in [1.29, 1.82) is 0 Å². The van der Waals surface area contributed by atoms with Gasteiger partial charge in [-0.15, -0.1) is 0 Å². The molecule has 55 heavy (non-hydrogen) atoms. The molecule has 3 aliphatic carbocycles. The number of carbonyl (C=O) groups excluding carboxylic acids is 4. The predicted octanol–water partition coefficient (Wildman–Crippen LogP) is 1.77. The fourth-order valence-corrected chi connectivity index (χ4v) is 9.71. The first-order chi connectivity index (χ1) is 24.9. The number of aliphatic hydroxyl groups excluding tert-OH is 2. The molecule has 1 heterocycles. The van der Waals surface area contributed by atoms with Crippen LogP contribution in [0.15, 0.2) is 71.8 Å². The van der Waals surface area contributed by atoms with Crippen molar-refractivity contribution in [2.24, 2.45) is 22.7 Å². The molecule has 11 atom stereocenters. The molecule has 292 valence electrons. The molecule has 1 amide bonds. The fourth-order valence-electron chi connectivity index (χ4n) is 9.71. The van der Waals surface area contributed by atoms with Crippen LogP contribution in [0.5, 0.6) is 0 Å². The van der Waals surface area contributed by atoms with Crippen LogP contribution >= 0.6 is 0 Å². The average Bonchev–Trinajstić information content (AvgIpc) is 3.12. The van der Waals surface area contributed by atoms with E-state index in [1.54, 1.807) is 88.4 Å². The summed E-state index contributed by atoms with van der Waals surface area (Å²) in [6.07, 6.45) is -7.10. The molecule has 15 heteroatoms. The summed E-state index contributed by atoms with van der Waals surface area (Å²) < 4.78 is 17.5. The van der Waals surface area contributed by atoms with Gasteiger partial charge in [-0.3, -0.25) is 14.4 Å². The number of fused-ring (bicyclic) bond motifs is 5. The van der Waals surface area contributed by atoms with Gasteiger partial charge in [-0.05, 0) is 55.7 Å². The molecule has 11 unspecified atom stereocenters. The van der Waals surface area contributed by atoms with Gasteiger partial charge in [0, 0.05) is 118 Å². The zero-order valence-corrected chi connectivity index (χ0v) is 41.5. The summed E-state index contributed by atoms with van der Waals surface area (Å²) in [6, 6.07) is 15.6. The quantitative estimate of drug-likeness (QED) is 0.158. The van der Waals surface area contributed by atoms with E-state index in [1.165, 1.54) is 14.0 Å². The number of benzene rings is 2. The third kappa shape index (κ3) is 7.88. The maximum atomic E-state index is 14.5. The van der Waals surface area contributed by atoms with Crippen LogP contribution in [-0.4, -0.2) is 106 Å². The van der Waals surface area contributed by atoms with E-state index in [2.05, 4.69) is 10.6 Å². The van der Waals surface area contributed by atoms with Crippen molar-refractivity contribution in [3.63, 3.8) is 0 Å². The van der Waals surface area contributed by atoms with Crippen LogP contribution in [-0.2, 0) is 28.6 Å². The Labute approximate surface area is 392 Å². The van der Waals surface area contributed by atoms with Gasteiger partial charge < -0.3 is 45.3 Å². The summed E-state index contributed by atoms with van der Waals surface area (Å²) >= 11 is 0. The van der Waals surface area contributed by atoms with Gasteiger partial charge >= 0.3 is 11.9 Å². The number of ketones is 1. The van der Waals surface area contributed by atoms with Crippen LogP contribution < -0.4 is 10.6 Å². The number of Topliss-reactive ketones (excluding diaryl/α,β-unsaturated/α-hetero) is 1. The van der Waals surface area contributed by atoms with Crippen LogP contribution in [0.2, 0.25) is 0 Å². The van der Waals surface area contributed by atoms with Crippen molar-refractivity contribution in [2.45, 2.75) is 95.2 Å². The van der Waals surface area contributed by atoms with Crippen LogP contribution in [0, 0.1) is 111 Å². The van der Waals surface area contributed by atoms with Crippen molar-refractivity contribution in [1.82, 2.24) is 10.6 Å². The van der Waals surface area contributed by atoms with Crippen molar-refractivity contribution >= 4 is 23.6 Å². The largest absolute Gasteiger partial charge is 0.455 e. The summed E-state index contributed by atoms with van der Waals surface area (Å²) in [5.41, 5.74) is -5.17. The number of hydrogen-bond donors (Lipinski definition) is 6. The summed E-state index contributed by atoms with van der Waals surface area (Å²) in [6.45, 7) is 7.85. The molecular weight excluding hydrogens is 1140 g/mol. The number of hydrogen-bond acceptors (Lipinski definition) is 12. The molecule has 13 nitrogen and oxygen atoms in total. The first kappa shape index (κ1) is 46.6. The monoisotopic (exact) mass is 1190 g/mol. The molecule has 0 aromatic heterocycles. The van der Waals surface area contributed by atoms with Gasteiger partial charge in [0.15, 0.2) is 5.78 Å². The number of rotatable bonds is 9. The van der Waals surface area contributed by atoms with E-state index in [1.807, 2.05) is 0 Å². The minimum Gasteiger partial charge on any atom is -0.455 e. The second kappa shape index (κ2) is 17.6. The molecule has 3 fully saturated rings. The van der Waals surface area contributed by atoms with Gasteiger partial charge in [0.2, 0.25) is 6.10 Å². The maximum Gasteiger partial charge on any atom is 0.350 e. The molecule has 1 saturated heterocycles. The van der Waals surface area contributed by atoms with E-state index < -0.39 is 94.1 Å². The van der Waals surface area contributed by atoms with E-state index in [0.29, 0.717) is 16.7 Å². The smallest absolute Gasteiger partial charge is 0.350 e. The predicted molar refractivity (Wildman–Crippen MR) is 190 cm³/mol. The molecule has 6 N–H and O–H groups in total. The van der Waals surface area contributed by atoms with Crippen LogP contribution in [0.25, 0.3) is 0 Å². The summed E-state index contributed by atoms with van der Waals surface area (Å²) in [5.74, 6) is -5.06. The van der Waals surface area contributed by atoms with Gasteiger partial charge in [-0.1, -0.05) is 69.3 Å². The summed E-state index contributed by atoms with van der Waals surface area (Å²) in [5, 5.41) is 53.9. The minimum atomic E-state index is -1.83. The second-order valence-corrected chi connectivity index (χ2v) is 15.8. The van der Waals surface area contributed by atoms with Gasteiger partial charge in [0.05, 0.1) is 36.4 Å². The zero-order chi connectivity index (χ0) is 38.7. The van der Waals surface area contributed by atoms with Gasteiger partial charge in [0.25, 0.3) is 5.91 Å². The van der Waals surface area contributed by atoms with E-state index in [-0.39, 0.29) is 120 Å². The van der Waals surface area contributed by atoms with Gasteiger partial charge in [-0.25, -0.2) is 4.79 Å². The molecule has 1 aliphatic heterocycles. The first-order valence-electron chi connectivity index (χ1n) is 18.1. The SMILES string of the molecule is CNCC(=O)OC(C(=O)OC1CC2(O)C(C)C3C4(O)COC4CC(O)C3(C)C(=O)C(O)C(=C1C)C2(C)C)C(NC(=O)c1ccccc1)c1ccccc1.[Ac].[Ac]. The van der Waals surface area contributed by atoms with Gasteiger partial charge in [-0.2, -0.15) is 0 Å². The molecule has 2 aromatic carbocycles. The Morgan fingerprint density at radius 3 is 2.15 bits per heavy atom. The van der Waals surface area contributed by atoms with Crippen molar-refractivity contribution in [2.75, 3.05) is 20.2 Å². The van der Waals surface area contributed by atoms with Crippen molar-refractivity contribution in [3.05, 3.63) is 82.9 Å². The molecule has 2 radical (unpaired) electrons. The molecule has 6 rings (SSSR count). The molecule has 2 bridgehead atoms. The van der Waals surface area contributed by atoms with Crippen LogP contribution in [0.4, 0.5) is 0 Å². The van der Waals surface area contributed by atoms with E-state index in [9.17, 15) is 39.6 Å². The standard InChI is InChI=1S/C40H50N2O11.2Ac/c1-21-25(18-40(50)22(2)33-38(5,26(43)17-27-39(33,49)20-51-27)34(46)31(45)29(21)37(40,3)4)52-36(48)32(53-28(44)19-41-6)30(23-13-9-7-10-14-23)42-35(47)24-15-11-8-12-16-24;;/h7-16,22,25-27,30-33,41,43,45,49-50H,17-20H2,1-6H3,(H,42,47);;. The van der Waals surface area contributed by atoms with E-state index in [4.69, 9.17) is 14.2 Å². The van der Waals surface area contributed by atoms with Crippen molar-refractivity contribution < 1.29 is 142 Å². The Hall–Kier alpha value is -1.10. The van der Waals surface area contributed by atoms with E-state index >= 15 is 0 Å². The Bertz CT molecular complexity index is 1800. The third-order valence-electron chi connectivity index (χ3n) is 12.7. The number of likely N-dealkylation sites (N-methyl/N-ethyl adjacent to an activating group) is 1. The summed E-state index contributed by atoms with van der Waals surface area (Å²) in [4.78, 5) is 55.5. The molecule has 0 spiro atoms. The average molecular weight is 1190 g/mol. The number of aliphatic hydroxyl groups is 4. The Balaban J connectivity index is 0.00000336. The second-order valence-electron chi connectivity index (χ2n) is 15.8. The Kier molecular flexibility index (Phi) is 14.9. The maximum absolute atomic E-state index is 14.5. The van der Waals surface area contributed by atoms with Crippen molar-refractivity contribution in [3.8, 4) is 0 Å². The number of carbonyl (C=O) groups is 4. The summed E-state index contributed by atoms with van der Waals surface area (Å²) in [7, 11) is 1.53. The number of ether oxygens (including phenoxy) is 3. The molecule has 2 saturated carbocycles. The molecule has 2 aromatic rings. The van der Waals surface area contributed by atoms with Crippen LogP contribution in [0.3, 0.4) is 0 Å². The normalized spacial score (nSPS) is 34.3. The Morgan fingerprint density at radius 2 is 1.58 bits per heavy atom. The fraction of sp³-hybridized carbons (Fsp3) is 0.550. The molecule has 4 aliphatic rings. The molecular formula is C40H50Ac2N2O11. The number of amides is 1. The van der Waals surface area contributed by atoms with Crippen LogP contribution in [0.1, 0.15) is 69.4 Å². The Morgan fingerprint density at radius 1 is 0.982 bits per heavy atom. The first-order valence-corrected chi connectivity index (χ1v) is 18.1.